The average Bonchev–Trinajstić information content (AvgIpc) is 3.13. The summed E-state index contributed by atoms with van der Waals surface area (Å²) in [7, 11) is 0. The first-order chi connectivity index (χ1) is 11.2. The number of anilines is 1. The molecule has 0 saturated heterocycles. The molecule has 3 aromatic rings. The van der Waals surface area contributed by atoms with E-state index < -0.39 is 0 Å². The van der Waals surface area contributed by atoms with Crippen molar-refractivity contribution in [3.05, 3.63) is 65.4 Å². The molecule has 3 heteroatoms. The normalized spacial score (nSPS) is 15.0. The fraction of sp³-hybridized carbons (Fsp3) is 0.250. The summed E-state index contributed by atoms with van der Waals surface area (Å²) in [5, 5.41) is 1.02. The van der Waals surface area contributed by atoms with Crippen LogP contribution in [-0.4, -0.2) is 23.4 Å². The van der Waals surface area contributed by atoms with Crippen molar-refractivity contribution < 1.29 is 4.79 Å². The second kappa shape index (κ2) is 5.27. The van der Waals surface area contributed by atoms with Gasteiger partial charge in [-0.3, -0.25) is 4.79 Å². The molecule has 0 radical (unpaired) electrons. The number of para-hydroxylation sites is 2. The van der Waals surface area contributed by atoms with E-state index in [1.165, 1.54) is 11.3 Å². The van der Waals surface area contributed by atoms with E-state index in [9.17, 15) is 4.79 Å². The lowest BCUT2D eigenvalue weighted by atomic mass is 10.0. The van der Waals surface area contributed by atoms with Gasteiger partial charge in [-0.05, 0) is 38.0 Å². The molecular formula is C20H20N2O. The Morgan fingerprint density at radius 3 is 2.74 bits per heavy atom. The summed E-state index contributed by atoms with van der Waals surface area (Å²) >= 11 is 0. The number of nitrogens with one attached hydrogen (secondary N) is 1. The van der Waals surface area contributed by atoms with Gasteiger partial charge in [0.05, 0.1) is 6.04 Å². The van der Waals surface area contributed by atoms with Crippen molar-refractivity contribution in [2.24, 2.45) is 0 Å². The third kappa shape index (κ3) is 2.15. The van der Waals surface area contributed by atoms with Gasteiger partial charge in [0.25, 0.3) is 0 Å². The third-order valence-corrected chi connectivity index (χ3v) is 4.91. The maximum Gasteiger partial charge on any atom is 0.187 e. The predicted octanol–water partition coefficient (Wildman–Crippen LogP) is 4.11. The van der Waals surface area contributed by atoms with Crippen molar-refractivity contribution in [3.63, 3.8) is 0 Å². The second-order valence-electron chi connectivity index (χ2n) is 6.28. The van der Waals surface area contributed by atoms with Gasteiger partial charge in [0.15, 0.2) is 5.78 Å². The zero-order chi connectivity index (χ0) is 16.0. The first-order valence-corrected chi connectivity index (χ1v) is 8.13. The molecule has 0 bridgehead atoms. The molecule has 1 N–H and O–H groups in total. The standard InChI is InChI=1S/C20H20N2O/c1-13-19(16-8-4-5-9-17(16)21-13)20(23)14(2)22-12-11-15-7-3-6-10-18(15)22/h3-10,14,21H,11-12H2,1-2H3/t14-/m1/s1. The van der Waals surface area contributed by atoms with Crippen LogP contribution in [-0.2, 0) is 6.42 Å². The van der Waals surface area contributed by atoms with E-state index >= 15 is 0 Å². The molecule has 0 spiro atoms. The van der Waals surface area contributed by atoms with Gasteiger partial charge in [-0.2, -0.15) is 0 Å². The van der Waals surface area contributed by atoms with Crippen molar-refractivity contribution in [2.45, 2.75) is 26.3 Å². The molecule has 1 aromatic heterocycles. The number of nitrogens with zero attached hydrogens (tertiary/aromatic N) is 1. The average molecular weight is 304 g/mol. The van der Waals surface area contributed by atoms with Crippen LogP contribution < -0.4 is 4.90 Å². The van der Waals surface area contributed by atoms with Crippen LogP contribution in [0.1, 0.15) is 28.5 Å². The summed E-state index contributed by atoms with van der Waals surface area (Å²) in [6.07, 6.45) is 1.01. The molecule has 1 aliphatic heterocycles. The maximum absolute atomic E-state index is 13.2. The third-order valence-electron chi connectivity index (χ3n) is 4.91. The number of hydrogen-bond donors (Lipinski definition) is 1. The first kappa shape index (κ1) is 14.1. The van der Waals surface area contributed by atoms with Crippen LogP contribution in [0, 0.1) is 6.92 Å². The lowest BCUT2D eigenvalue weighted by Gasteiger charge is -2.26. The van der Waals surface area contributed by atoms with E-state index in [2.05, 4.69) is 28.1 Å². The Balaban J connectivity index is 1.73. The van der Waals surface area contributed by atoms with Gasteiger partial charge < -0.3 is 9.88 Å². The number of ketones is 1. The van der Waals surface area contributed by atoms with E-state index in [1.807, 2.05) is 44.2 Å². The van der Waals surface area contributed by atoms with Gasteiger partial charge in [-0.1, -0.05) is 36.4 Å². The molecular weight excluding hydrogens is 284 g/mol. The van der Waals surface area contributed by atoms with E-state index in [-0.39, 0.29) is 11.8 Å². The number of aryl methyl sites for hydroxylation is 1. The minimum atomic E-state index is -0.156. The summed E-state index contributed by atoms with van der Waals surface area (Å²) < 4.78 is 0. The molecule has 1 aliphatic rings. The summed E-state index contributed by atoms with van der Waals surface area (Å²) in [6.45, 7) is 4.91. The zero-order valence-electron chi connectivity index (χ0n) is 13.5. The molecule has 0 unspecified atom stereocenters. The number of hydrogen-bond acceptors (Lipinski definition) is 2. The number of fused-ring (bicyclic) bond motifs is 2. The van der Waals surface area contributed by atoms with Gasteiger partial charge in [0, 0.05) is 34.4 Å². The molecule has 0 saturated carbocycles. The Hall–Kier alpha value is -2.55. The lowest BCUT2D eigenvalue weighted by molar-refractivity contribution is 0.0966. The minimum Gasteiger partial charge on any atom is -0.361 e. The van der Waals surface area contributed by atoms with Crippen LogP contribution in [0.5, 0.6) is 0 Å². The number of carbonyl (C=O) groups excluding carboxylic acids is 1. The zero-order valence-corrected chi connectivity index (χ0v) is 13.5. The molecule has 4 rings (SSSR count). The number of aromatic amines is 1. The number of rotatable bonds is 3. The number of benzene rings is 2. The number of Topliss-reactive ketones (excluding diaryl/α,β-unsaturated/α-hetero) is 1. The highest BCUT2D eigenvalue weighted by atomic mass is 16.1. The van der Waals surface area contributed by atoms with Crippen molar-refractivity contribution in [2.75, 3.05) is 11.4 Å². The number of carbonyl (C=O) groups is 1. The molecule has 116 valence electrons. The van der Waals surface area contributed by atoms with Gasteiger partial charge in [0.2, 0.25) is 0 Å². The molecule has 0 aliphatic carbocycles. The van der Waals surface area contributed by atoms with Crippen molar-refractivity contribution in [1.82, 2.24) is 4.98 Å². The molecule has 1 atom stereocenters. The SMILES string of the molecule is Cc1[nH]c2ccccc2c1C(=O)[C@@H](C)N1CCc2ccccc21. The molecule has 0 fully saturated rings. The summed E-state index contributed by atoms with van der Waals surface area (Å²) in [6, 6.07) is 16.3. The molecule has 0 amide bonds. The van der Waals surface area contributed by atoms with Crippen LogP contribution in [0.4, 0.5) is 5.69 Å². The highest BCUT2D eigenvalue weighted by molar-refractivity contribution is 6.12. The van der Waals surface area contributed by atoms with Crippen LogP contribution in [0.25, 0.3) is 10.9 Å². The summed E-state index contributed by atoms with van der Waals surface area (Å²) in [4.78, 5) is 18.7. The van der Waals surface area contributed by atoms with Gasteiger partial charge in [-0.15, -0.1) is 0 Å². The van der Waals surface area contributed by atoms with Crippen LogP contribution in [0.3, 0.4) is 0 Å². The highest BCUT2D eigenvalue weighted by Gasteiger charge is 2.30. The fourth-order valence-electron chi connectivity index (χ4n) is 3.71. The van der Waals surface area contributed by atoms with E-state index in [0.29, 0.717) is 0 Å². The van der Waals surface area contributed by atoms with Crippen LogP contribution >= 0.6 is 0 Å². The molecule has 2 aromatic carbocycles. The number of H-pyrrole nitrogens is 1. The fourth-order valence-corrected chi connectivity index (χ4v) is 3.71. The molecule has 3 nitrogen and oxygen atoms in total. The number of aromatic nitrogens is 1. The Bertz CT molecular complexity index is 894. The molecule has 2 heterocycles. The lowest BCUT2D eigenvalue weighted by Crippen LogP contribution is -2.38. The summed E-state index contributed by atoms with van der Waals surface area (Å²) in [5.74, 6) is 0.191. The van der Waals surface area contributed by atoms with Gasteiger partial charge >= 0.3 is 0 Å². The molecule has 23 heavy (non-hydrogen) atoms. The Morgan fingerprint density at radius 1 is 1.13 bits per heavy atom. The summed E-state index contributed by atoms with van der Waals surface area (Å²) in [5.41, 5.74) is 5.35. The van der Waals surface area contributed by atoms with E-state index in [4.69, 9.17) is 0 Å². The van der Waals surface area contributed by atoms with E-state index in [0.717, 1.165) is 35.1 Å². The van der Waals surface area contributed by atoms with Crippen molar-refractivity contribution in [1.29, 1.82) is 0 Å². The highest BCUT2D eigenvalue weighted by Crippen LogP contribution is 2.31. The quantitative estimate of drug-likeness (QED) is 0.739. The minimum absolute atomic E-state index is 0.156. The van der Waals surface area contributed by atoms with Crippen LogP contribution in [0.15, 0.2) is 48.5 Å². The predicted molar refractivity (Wildman–Crippen MR) is 94.3 cm³/mol. The van der Waals surface area contributed by atoms with Gasteiger partial charge in [0.1, 0.15) is 0 Å². The first-order valence-electron chi connectivity index (χ1n) is 8.13. The second-order valence-corrected chi connectivity index (χ2v) is 6.28. The smallest absolute Gasteiger partial charge is 0.187 e. The van der Waals surface area contributed by atoms with Crippen molar-refractivity contribution >= 4 is 22.4 Å². The Kier molecular flexibility index (Phi) is 3.22. The largest absolute Gasteiger partial charge is 0.361 e. The Morgan fingerprint density at radius 2 is 1.87 bits per heavy atom. The maximum atomic E-state index is 13.2. The van der Waals surface area contributed by atoms with Crippen molar-refractivity contribution in [3.8, 4) is 0 Å². The van der Waals surface area contributed by atoms with E-state index in [1.54, 1.807) is 0 Å². The van der Waals surface area contributed by atoms with Crippen LogP contribution in [0.2, 0.25) is 0 Å². The topological polar surface area (TPSA) is 36.1 Å². The van der Waals surface area contributed by atoms with Gasteiger partial charge in [-0.25, -0.2) is 0 Å². The monoisotopic (exact) mass is 304 g/mol. The Labute approximate surface area is 135 Å².